The number of nitrogens with zero attached hydrogens (tertiary/aromatic N) is 1. The van der Waals surface area contributed by atoms with E-state index in [0.29, 0.717) is 44.6 Å². The van der Waals surface area contributed by atoms with Crippen LogP contribution in [0, 0.1) is 0 Å². The fourth-order valence-corrected chi connectivity index (χ4v) is 5.17. The third-order valence-corrected chi connectivity index (χ3v) is 7.54. The summed E-state index contributed by atoms with van der Waals surface area (Å²) in [7, 11) is 0. The minimum absolute atomic E-state index is 0.115. The van der Waals surface area contributed by atoms with Crippen molar-refractivity contribution in [2.24, 2.45) is 0 Å². The van der Waals surface area contributed by atoms with Gasteiger partial charge in [-0.2, -0.15) is 0 Å². The molecule has 0 aliphatic carbocycles. The second-order valence-electron chi connectivity index (χ2n) is 11.7. The van der Waals surface area contributed by atoms with Crippen molar-refractivity contribution in [3.05, 3.63) is 89.5 Å². The SMILES string of the molecule is CCNC(=O)c1ccccc1-c1ccc(CN2C(=O)[C@H](NC(=O)NCC(C)(C)NC[C@@H](C)O)CCc3ccccc32)cc1. The van der Waals surface area contributed by atoms with E-state index in [-0.39, 0.29) is 11.8 Å². The Hall–Kier alpha value is -4.21. The zero-order chi connectivity index (χ0) is 31.0. The summed E-state index contributed by atoms with van der Waals surface area (Å²) < 4.78 is 0. The van der Waals surface area contributed by atoms with Gasteiger partial charge >= 0.3 is 6.03 Å². The number of carbonyl (C=O) groups excluding carboxylic acids is 3. The highest BCUT2D eigenvalue weighted by Gasteiger charge is 2.32. The third-order valence-electron chi connectivity index (χ3n) is 7.54. The third kappa shape index (κ3) is 8.43. The molecule has 0 radical (unpaired) electrons. The van der Waals surface area contributed by atoms with Crippen molar-refractivity contribution in [1.82, 2.24) is 21.3 Å². The zero-order valence-electron chi connectivity index (χ0n) is 25.4. The van der Waals surface area contributed by atoms with E-state index in [2.05, 4.69) is 21.3 Å². The van der Waals surface area contributed by atoms with Crippen LogP contribution in [-0.4, -0.2) is 60.3 Å². The van der Waals surface area contributed by atoms with Crippen molar-refractivity contribution in [3.63, 3.8) is 0 Å². The smallest absolute Gasteiger partial charge is 0.315 e. The van der Waals surface area contributed by atoms with Crippen LogP contribution in [0.1, 0.15) is 55.6 Å². The fourth-order valence-electron chi connectivity index (χ4n) is 5.17. The van der Waals surface area contributed by atoms with Crippen molar-refractivity contribution < 1.29 is 19.5 Å². The molecular weight excluding hydrogens is 542 g/mol. The topological polar surface area (TPSA) is 123 Å². The highest BCUT2D eigenvalue weighted by Crippen LogP contribution is 2.30. The van der Waals surface area contributed by atoms with E-state index < -0.39 is 23.7 Å². The van der Waals surface area contributed by atoms with Gasteiger partial charge in [-0.15, -0.1) is 0 Å². The minimum Gasteiger partial charge on any atom is -0.392 e. The van der Waals surface area contributed by atoms with Crippen molar-refractivity contribution >= 4 is 23.5 Å². The molecule has 1 aliphatic heterocycles. The lowest BCUT2D eigenvalue weighted by Gasteiger charge is -2.29. The van der Waals surface area contributed by atoms with Crippen molar-refractivity contribution in [1.29, 1.82) is 0 Å². The number of para-hydroxylation sites is 1. The van der Waals surface area contributed by atoms with Crippen LogP contribution in [0.3, 0.4) is 0 Å². The highest BCUT2D eigenvalue weighted by atomic mass is 16.3. The first-order valence-electron chi connectivity index (χ1n) is 14.9. The van der Waals surface area contributed by atoms with Crippen LogP contribution in [-0.2, 0) is 17.8 Å². The maximum Gasteiger partial charge on any atom is 0.315 e. The van der Waals surface area contributed by atoms with E-state index in [1.807, 2.05) is 93.6 Å². The number of nitrogens with one attached hydrogen (secondary N) is 4. The van der Waals surface area contributed by atoms with Crippen LogP contribution in [0.15, 0.2) is 72.8 Å². The largest absolute Gasteiger partial charge is 0.392 e. The van der Waals surface area contributed by atoms with E-state index >= 15 is 0 Å². The summed E-state index contributed by atoms with van der Waals surface area (Å²) in [4.78, 5) is 41.1. The Labute approximate surface area is 254 Å². The fraction of sp³-hybridized carbons (Fsp3) is 0.382. The lowest BCUT2D eigenvalue weighted by Crippen LogP contribution is -2.55. The molecule has 0 saturated heterocycles. The number of anilines is 1. The molecule has 2 atom stereocenters. The van der Waals surface area contributed by atoms with E-state index in [1.54, 1.807) is 11.8 Å². The van der Waals surface area contributed by atoms with Gasteiger partial charge in [-0.25, -0.2) is 4.79 Å². The van der Waals surface area contributed by atoms with Crippen LogP contribution in [0.4, 0.5) is 10.5 Å². The summed E-state index contributed by atoms with van der Waals surface area (Å²) in [5.41, 5.74) is 4.76. The van der Waals surface area contributed by atoms with E-state index in [4.69, 9.17) is 0 Å². The molecule has 0 fully saturated rings. The lowest BCUT2D eigenvalue weighted by atomic mass is 9.98. The summed E-state index contributed by atoms with van der Waals surface area (Å²) in [5.74, 6) is -0.284. The Morgan fingerprint density at radius 2 is 1.70 bits per heavy atom. The molecule has 228 valence electrons. The summed E-state index contributed by atoms with van der Waals surface area (Å²) in [5, 5.41) is 21.4. The Morgan fingerprint density at radius 1 is 1.00 bits per heavy atom. The molecular formula is C34H43N5O4. The number of hydrogen-bond acceptors (Lipinski definition) is 5. The van der Waals surface area contributed by atoms with Gasteiger partial charge in [0.25, 0.3) is 5.91 Å². The van der Waals surface area contributed by atoms with Gasteiger partial charge < -0.3 is 31.3 Å². The number of aliphatic hydroxyl groups is 1. The van der Waals surface area contributed by atoms with Gasteiger partial charge in [-0.3, -0.25) is 9.59 Å². The molecule has 3 aromatic rings. The average molecular weight is 586 g/mol. The number of benzene rings is 3. The monoisotopic (exact) mass is 585 g/mol. The molecule has 0 spiro atoms. The molecule has 4 rings (SSSR count). The Morgan fingerprint density at radius 3 is 2.42 bits per heavy atom. The predicted molar refractivity (Wildman–Crippen MR) is 170 cm³/mol. The number of β-amino-alcohol motifs (C(OH)–C–C–N with tert-alkyl or cyclic N) is 1. The number of carbonyl (C=O) groups is 3. The number of urea groups is 1. The number of amides is 4. The molecule has 3 aromatic carbocycles. The molecule has 0 saturated carbocycles. The second kappa shape index (κ2) is 14.3. The molecule has 43 heavy (non-hydrogen) atoms. The number of fused-ring (bicyclic) bond motifs is 1. The molecule has 5 N–H and O–H groups in total. The molecule has 9 nitrogen and oxygen atoms in total. The number of rotatable bonds is 11. The highest BCUT2D eigenvalue weighted by molar-refractivity contribution is 6.01. The van der Waals surface area contributed by atoms with Crippen molar-refractivity contribution in [3.8, 4) is 11.1 Å². The Bertz CT molecular complexity index is 1420. The molecule has 4 amide bonds. The lowest BCUT2D eigenvalue weighted by molar-refractivity contribution is -0.120. The predicted octanol–water partition coefficient (Wildman–Crippen LogP) is 4.00. The molecule has 9 heteroatoms. The molecule has 0 unspecified atom stereocenters. The number of aryl methyl sites for hydroxylation is 1. The summed E-state index contributed by atoms with van der Waals surface area (Å²) in [6.07, 6.45) is 0.642. The Balaban J connectivity index is 1.49. The molecule has 1 heterocycles. The average Bonchev–Trinajstić information content (AvgIpc) is 3.12. The van der Waals surface area contributed by atoms with Gasteiger partial charge in [0.2, 0.25) is 5.91 Å². The van der Waals surface area contributed by atoms with Crippen LogP contribution in [0.2, 0.25) is 0 Å². The number of aliphatic hydroxyl groups excluding tert-OH is 1. The van der Waals surface area contributed by atoms with Gasteiger partial charge in [-0.1, -0.05) is 60.7 Å². The first kappa shape index (κ1) is 31.7. The van der Waals surface area contributed by atoms with Crippen molar-refractivity contribution in [2.75, 3.05) is 24.5 Å². The molecule has 0 aromatic heterocycles. The normalized spacial score (nSPS) is 15.7. The van der Waals surface area contributed by atoms with E-state index in [9.17, 15) is 19.5 Å². The maximum atomic E-state index is 13.9. The van der Waals surface area contributed by atoms with Crippen molar-refractivity contribution in [2.45, 2.75) is 64.8 Å². The summed E-state index contributed by atoms with van der Waals surface area (Å²) in [6.45, 7) is 9.09. The summed E-state index contributed by atoms with van der Waals surface area (Å²) >= 11 is 0. The molecule has 0 bridgehead atoms. The van der Waals surface area contributed by atoms with Gasteiger partial charge in [0, 0.05) is 36.4 Å². The first-order chi connectivity index (χ1) is 20.6. The molecule has 1 aliphatic rings. The Kier molecular flexibility index (Phi) is 10.6. The van der Waals surface area contributed by atoms with Gasteiger partial charge in [0.05, 0.1) is 12.6 Å². The van der Waals surface area contributed by atoms with Crippen LogP contribution in [0.5, 0.6) is 0 Å². The minimum atomic E-state index is -0.691. The second-order valence-corrected chi connectivity index (χ2v) is 11.7. The van der Waals surface area contributed by atoms with E-state index in [1.165, 1.54) is 0 Å². The first-order valence-corrected chi connectivity index (χ1v) is 14.9. The quantitative estimate of drug-likeness (QED) is 0.233. The van der Waals surface area contributed by atoms with Gasteiger partial charge in [-0.05, 0) is 74.9 Å². The van der Waals surface area contributed by atoms with Crippen LogP contribution in [0.25, 0.3) is 11.1 Å². The zero-order valence-corrected chi connectivity index (χ0v) is 25.4. The maximum absolute atomic E-state index is 13.9. The van der Waals surface area contributed by atoms with Gasteiger partial charge in [0.15, 0.2) is 0 Å². The van der Waals surface area contributed by atoms with Gasteiger partial charge in [0.1, 0.15) is 6.04 Å². The van der Waals surface area contributed by atoms with Crippen LogP contribution >= 0.6 is 0 Å². The van der Waals surface area contributed by atoms with Crippen LogP contribution < -0.4 is 26.2 Å². The van der Waals surface area contributed by atoms with E-state index in [0.717, 1.165) is 27.9 Å². The number of hydrogen-bond donors (Lipinski definition) is 5. The standard InChI is InChI=1S/C34H43N5O4/c1-5-35-31(41)28-12-8-7-11-27(28)25-16-14-24(15-17-25)21-39-30-13-9-6-10-26(30)18-19-29(32(39)42)38-33(43)36-22-34(3,4)37-20-23(2)40/h6-17,23,29,37,40H,5,18-22H2,1-4H3,(H,35,41)(H2,36,38,43)/t23-,29-/m1/s1. The summed E-state index contributed by atoms with van der Waals surface area (Å²) in [6, 6.07) is 22.2.